The second kappa shape index (κ2) is 31.2. The van der Waals surface area contributed by atoms with Gasteiger partial charge < -0.3 is 19.9 Å². The van der Waals surface area contributed by atoms with E-state index in [9.17, 15) is 18.9 Å². The highest BCUT2D eigenvalue weighted by Gasteiger charge is 2.36. The lowest BCUT2D eigenvalue weighted by Crippen LogP contribution is -2.34. The number of carbonyl (C=O) groups is 3. The zero-order chi connectivity index (χ0) is 33.4. The largest absolute Gasteiger partial charge is 0.592 e. The summed E-state index contributed by atoms with van der Waals surface area (Å²) in [5.41, 5.74) is 5.44. The molecule has 0 radical (unpaired) electrons. The highest BCUT2D eigenvalue weighted by molar-refractivity contribution is 7.49. The molecule has 1 atom stereocenters. The fraction of sp³-hybridized carbons (Fsp3) is 0.914. The number of carbonyl (C=O) groups excluding carboxylic acids is 2. The molecule has 0 unspecified atom stereocenters. The molecular formula is C35H68NO8P. The van der Waals surface area contributed by atoms with Crippen molar-refractivity contribution in [2.75, 3.05) is 6.61 Å². The van der Waals surface area contributed by atoms with E-state index in [-0.39, 0.29) is 12.8 Å². The number of phosphoric ester groups is 1. The van der Waals surface area contributed by atoms with Crippen LogP contribution >= 0.6 is 7.82 Å². The third kappa shape index (κ3) is 29.7. The smallest absolute Gasteiger partial charge is 0.480 e. The van der Waals surface area contributed by atoms with E-state index < -0.39 is 38.4 Å². The van der Waals surface area contributed by atoms with E-state index in [1.165, 1.54) is 116 Å². The van der Waals surface area contributed by atoms with Gasteiger partial charge in [-0.25, -0.2) is 4.57 Å². The van der Waals surface area contributed by atoms with Gasteiger partial charge in [0, 0.05) is 12.8 Å². The van der Waals surface area contributed by atoms with Crippen LogP contribution in [0.1, 0.15) is 194 Å². The molecule has 0 spiro atoms. The molecule has 0 heterocycles. The molecule has 0 aromatic carbocycles. The van der Waals surface area contributed by atoms with Gasteiger partial charge in [0.25, 0.3) is 0 Å². The monoisotopic (exact) mass is 661 g/mol. The average molecular weight is 662 g/mol. The molecule has 0 amide bonds. The lowest BCUT2D eigenvalue weighted by atomic mass is 10.0. The molecule has 9 nitrogen and oxygen atoms in total. The molecule has 3 N–H and O–H groups in total. The summed E-state index contributed by atoms with van der Waals surface area (Å²) < 4.78 is 28.0. The van der Waals surface area contributed by atoms with Gasteiger partial charge in [-0.05, 0) is 12.8 Å². The highest BCUT2D eigenvalue weighted by atomic mass is 31.2. The topological polar surface area (TPSA) is 142 Å². The molecule has 0 aliphatic heterocycles. The van der Waals surface area contributed by atoms with Gasteiger partial charge in [-0.2, -0.15) is 0 Å². The maximum absolute atomic E-state index is 13.1. The summed E-state index contributed by atoms with van der Waals surface area (Å²) in [6.45, 7) is 3.75. The summed E-state index contributed by atoms with van der Waals surface area (Å²) in [4.78, 5) is 35.8. The van der Waals surface area contributed by atoms with E-state index in [2.05, 4.69) is 13.8 Å². The van der Waals surface area contributed by atoms with Gasteiger partial charge in [0.2, 0.25) is 0 Å². The van der Waals surface area contributed by atoms with Gasteiger partial charge in [0.15, 0.2) is 0 Å². The Morgan fingerprint density at radius 3 is 1.07 bits per heavy atom. The van der Waals surface area contributed by atoms with E-state index in [0.717, 1.165) is 38.5 Å². The second-order valence-corrected chi connectivity index (χ2v) is 14.1. The Labute approximate surface area is 275 Å². The molecule has 0 aliphatic rings. The number of unbranched alkanes of at least 4 members (excludes halogenated alkanes) is 24. The Kier molecular flexibility index (Phi) is 30.2. The molecular weight excluding hydrogens is 593 g/mol. The van der Waals surface area contributed by atoms with Gasteiger partial charge in [-0.15, -0.1) is 0 Å². The number of phosphoric acid groups is 1. The normalized spacial score (nSPS) is 12.2. The third-order valence-corrected chi connectivity index (χ3v) is 9.45. The van der Waals surface area contributed by atoms with E-state index in [4.69, 9.17) is 24.4 Å². The Bertz CT molecular complexity index is 731. The Morgan fingerprint density at radius 2 is 0.800 bits per heavy atom. The van der Waals surface area contributed by atoms with Crippen molar-refractivity contribution in [1.82, 2.24) is 0 Å². The predicted octanol–water partition coefficient (Wildman–Crippen LogP) is 10.6. The number of rotatable bonds is 34. The van der Waals surface area contributed by atoms with Crippen LogP contribution < -0.4 is 5.73 Å². The van der Waals surface area contributed by atoms with Crippen molar-refractivity contribution in [2.45, 2.75) is 200 Å². The number of carboxylic acid groups (broad SMARTS) is 1. The van der Waals surface area contributed by atoms with Crippen LogP contribution in [0.25, 0.3) is 0 Å². The lowest BCUT2D eigenvalue weighted by Gasteiger charge is -2.18. The molecule has 0 aromatic heterocycles. The number of hydrogen-bond donors (Lipinski definition) is 2. The van der Waals surface area contributed by atoms with Crippen molar-refractivity contribution in [2.24, 2.45) is 5.73 Å². The van der Waals surface area contributed by atoms with E-state index in [1.807, 2.05) is 0 Å². The Hall–Kier alpha value is -1.44. The van der Waals surface area contributed by atoms with Crippen molar-refractivity contribution in [1.29, 1.82) is 0 Å². The first kappa shape index (κ1) is 43.6. The molecule has 0 saturated heterocycles. The average Bonchev–Trinajstić information content (AvgIpc) is 3.00. The summed E-state index contributed by atoms with van der Waals surface area (Å²) in [6.07, 6.45) is 30.2. The van der Waals surface area contributed by atoms with Gasteiger partial charge in [0.1, 0.15) is 6.04 Å². The van der Waals surface area contributed by atoms with Gasteiger partial charge in [-0.1, -0.05) is 168 Å². The van der Waals surface area contributed by atoms with E-state index in [1.54, 1.807) is 0 Å². The molecule has 0 bridgehead atoms. The molecule has 10 heteroatoms. The first-order valence-corrected chi connectivity index (χ1v) is 19.9. The van der Waals surface area contributed by atoms with Crippen molar-refractivity contribution in [3.8, 4) is 0 Å². The van der Waals surface area contributed by atoms with Gasteiger partial charge in [0.05, 0.1) is 6.61 Å². The van der Waals surface area contributed by atoms with Crippen LogP contribution in [0.2, 0.25) is 0 Å². The van der Waals surface area contributed by atoms with Crippen LogP contribution in [0.4, 0.5) is 0 Å². The van der Waals surface area contributed by atoms with E-state index >= 15 is 0 Å². The van der Waals surface area contributed by atoms with Crippen LogP contribution in [-0.4, -0.2) is 35.7 Å². The Morgan fingerprint density at radius 1 is 0.533 bits per heavy atom. The lowest BCUT2D eigenvalue weighted by molar-refractivity contribution is -0.141. The summed E-state index contributed by atoms with van der Waals surface area (Å²) >= 11 is 0. The van der Waals surface area contributed by atoms with E-state index in [0.29, 0.717) is 12.8 Å². The van der Waals surface area contributed by atoms with Crippen molar-refractivity contribution in [3.63, 3.8) is 0 Å². The van der Waals surface area contributed by atoms with Crippen LogP contribution in [0, 0.1) is 0 Å². The molecule has 0 aliphatic carbocycles. The predicted molar refractivity (Wildman–Crippen MR) is 182 cm³/mol. The quantitative estimate of drug-likeness (QED) is 0.0508. The summed E-state index contributed by atoms with van der Waals surface area (Å²) in [5, 5.41) is 9.01. The summed E-state index contributed by atoms with van der Waals surface area (Å²) in [7, 11) is -4.64. The first-order valence-electron chi connectivity index (χ1n) is 18.4. The summed E-state index contributed by atoms with van der Waals surface area (Å²) in [6, 6.07) is -1.50. The molecule has 45 heavy (non-hydrogen) atoms. The molecule has 0 aromatic rings. The standard InChI is InChI=1S/C35H68NO8P/c1-3-5-7-9-11-13-15-17-19-21-23-25-27-29-33(37)43-45(41,42-31-32(36)35(39)40)44-34(38)30-28-26-24-22-20-18-16-14-12-10-8-6-4-2/h32H,3-31,36H2,1-2H3,(H,39,40)/t32-/m0/s1. The number of carboxylic acids is 1. The summed E-state index contributed by atoms with van der Waals surface area (Å²) in [5.74, 6) is -2.99. The maximum atomic E-state index is 13.1. The number of hydrogen-bond acceptors (Lipinski definition) is 8. The minimum absolute atomic E-state index is 0.00645. The molecule has 0 fully saturated rings. The third-order valence-electron chi connectivity index (χ3n) is 8.13. The fourth-order valence-electron chi connectivity index (χ4n) is 5.23. The molecule has 266 valence electrons. The SMILES string of the molecule is CCCCCCCCCCCCCCCC(=O)OP(=O)(OC[C@H](N)C(=O)O)OC(=O)CCCCCCCCCCCCCCC. The first-order chi connectivity index (χ1) is 21.7. The van der Waals surface area contributed by atoms with Gasteiger partial charge >= 0.3 is 25.7 Å². The van der Waals surface area contributed by atoms with Crippen LogP contribution in [0.15, 0.2) is 0 Å². The second-order valence-electron chi connectivity index (χ2n) is 12.6. The Balaban J connectivity index is 4.21. The fourth-order valence-corrected chi connectivity index (χ4v) is 6.40. The highest BCUT2D eigenvalue weighted by Crippen LogP contribution is 2.50. The number of nitrogens with two attached hydrogens (primary N) is 1. The molecule has 0 saturated carbocycles. The van der Waals surface area contributed by atoms with Crippen LogP contribution in [0.3, 0.4) is 0 Å². The van der Waals surface area contributed by atoms with Gasteiger partial charge in [-0.3, -0.25) is 18.9 Å². The minimum Gasteiger partial charge on any atom is -0.480 e. The van der Waals surface area contributed by atoms with Crippen molar-refractivity contribution < 1.29 is 37.6 Å². The van der Waals surface area contributed by atoms with Crippen molar-refractivity contribution >= 4 is 25.7 Å². The zero-order valence-electron chi connectivity index (χ0n) is 28.9. The van der Waals surface area contributed by atoms with Crippen LogP contribution in [0.5, 0.6) is 0 Å². The molecule has 0 rings (SSSR count). The minimum atomic E-state index is -4.64. The van der Waals surface area contributed by atoms with Crippen molar-refractivity contribution in [3.05, 3.63) is 0 Å². The zero-order valence-corrected chi connectivity index (χ0v) is 29.8. The maximum Gasteiger partial charge on any atom is 0.592 e. The number of aliphatic carboxylic acids is 1. The van der Waals surface area contributed by atoms with Crippen LogP contribution in [-0.2, 0) is 32.5 Å².